The van der Waals surface area contributed by atoms with Gasteiger partial charge in [-0.1, -0.05) is 24.3 Å². The number of aryl methyl sites for hydroxylation is 5. The van der Waals surface area contributed by atoms with E-state index < -0.39 is 0 Å². The molecule has 0 amide bonds. The molecule has 0 saturated heterocycles. The smallest absolute Gasteiger partial charge is 0.119 e. The fraction of sp³-hybridized carbons (Fsp3) is 0.250. The molecule has 3 aromatic rings. The maximum Gasteiger partial charge on any atom is 0.119 e. The molecule has 0 atom stereocenters. The molecule has 3 N–H and O–H groups in total. The van der Waals surface area contributed by atoms with Gasteiger partial charge in [0.25, 0.3) is 0 Å². The Morgan fingerprint density at radius 3 is 1.44 bits per heavy atom. The standard InChI is InChI=1S/C24H26O3/c1-13-6-7-18(23(27)8-13)24(19-9-16(4)21(25)11-14(19)2)20-10-17(5)22(26)12-15(20)3/h6-12,24-27H,1-5H3. The number of phenols is 3. The Labute approximate surface area is 160 Å². The third-order valence-electron chi connectivity index (χ3n) is 5.29. The van der Waals surface area contributed by atoms with Gasteiger partial charge in [0.15, 0.2) is 0 Å². The van der Waals surface area contributed by atoms with Crippen LogP contribution in [0.4, 0.5) is 0 Å². The Morgan fingerprint density at radius 2 is 1.00 bits per heavy atom. The summed E-state index contributed by atoms with van der Waals surface area (Å²) in [6.45, 7) is 9.63. The minimum Gasteiger partial charge on any atom is -0.508 e. The van der Waals surface area contributed by atoms with Gasteiger partial charge in [-0.2, -0.15) is 0 Å². The Balaban J connectivity index is 2.34. The second kappa shape index (κ2) is 6.99. The van der Waals surface area contributed by atoms with Crippen LogP contribution in [0.1, 0.15) is 50.4 Å². The van der Waals surface area contributed by atoms with Crippen molar-refractivity contribution in [3.8, 4) is 17.2 Å². The molecule has 3 aromatic carbocycles. The molecule has 0 heterocycles. The van der Waals surface area contributed by atoms with Crippen molar-refractivity contribution in [2.45, 2.75) is 40.5 Å². The summed E-state index contributed by atoms with van der Waals surface area (Å²) in [4.78, 5) is 0. The van der Waals surface area contributed by atoms with Crippen molar-refractivity contribution in [3.63, 3.8) is 0 Å². The summed E-state index contributed by atoms with van der Waals surface area (Å²) in [5.41, 5.74) is 7.34. The number of aromatic hydroxyl groups is 3. The maximum absolute atomic E-state index is 10.7. The lowest BCUT2D eigenvalue weighted by Gasteiger charge is -2.25. The lowest BCUT2D eigenvalue weighted by Crippen LogP contribution is -2.08. The minimum absolute atomic E-state index is 0.204. The molecule has 0 spiro atoms. The van der Waals surface area contributed by atoms with Gasteiger partial charge in [0.05, 0.1) is 0 Å². The molecule has 140 valence electrons. The first-order valence-electron chi connectivity index (χ1n) is 9.08. The van der Waals surface area contributed by atoms with E-state index in [1.165, 1.54) is 0 Å². The summed E-state index contributed by atoms with van der Waals surface area (Å²) in [6.07, 6.45) is 0. The predicted octanol–water partition coefficient (Wildman–Crippen LogP) is 5.53. The molecule has 0 bridgehead atoms. The zero-order valence-corrected chi connectivity index (χ0v) is 16.5. The van der Waals surface area contributed by atoms with Crippen molar-refractivity contribution < 1.29 is 15.3 Å². The fourth-order valence-corrected chi connectivity index (χ4v) is 3.67. The third-order valence-corrected chi connectivity index (χ3v) is 5.29. The van der Waals surface area contributed by atoms with Crippen molar-refractivity contribution in [2.24, 2.45) is 0 Å². The van der Waals surface area contributed by atoms with Gasteiger partial charge in [0.1, 0.15) is 17.2 Å². The van der Waals surface area contributed by atoms with Crippen molar-refractivity contribution in [2.75, 3.05) is 0 Å². The maximum atomic E-state index is 10.7. The fourth-order valence-electron chi connectivity index (χ4n) is 3.67. The molecule has 3 rings (SSSR count). The van der Waals surface area contributed by atoms with Crippen molar-refractivity contribution in [3.05, 3.63) is 87.0 Å². The van der Waals surface area contributed by atoms with Gasteiger partial charge in [-0.25, -0.2) is 0 Å². The first-order valence-corrected chi connectivity index (χ1v) is 9.08. The SMILES string of the molecule is Cc1ccc(C(c2cc(C)c(O)cc2C)c2cc(C)c(O)cc2C)c(O)c1. The van der Waals surface area contributed by atoms with E-state index in [-0.39, 0.29) is 23.2 Å². The van der Waals surface area contributed by atoms with Gasteiger partial charge >= 0.3 is 0 Å². The van der Waals surface area contributed by atoms with Gasteiger partial charge < -0.3 is 15.3 Å². The van der Waals surface area contributed by atoms with E-state index in [1.807, 2.05) is 58.9 Å². The number of benzene rings is 3. The third kappa shape index (κ3) is 3.50. The quantitative estimate of drug-likeness (QED) is 0.537. The van der Waals surface area contributed by atoms with Gasteiger partial charge in [0.2, 0.25) is 0 Å². The lowest BCUT2D eigenvalue weighted by molar-refractivity contribution is 0.465. The van der Waals surface area contributed by atoms with E-state index >= 15 is 0 Å². The molecule has 0 aliphatic carbocycles. The molecule has 0 radical (unpaired) electrons. The van der Waals surface area contributed by atoms with E-state index in [9.17, 15) is 15.3 Å². The van der Waals surface area contributed by atoms with E-state index in [0.717, 1.165) is 44.5 Å². The number of hydrogen-bond acceptors (Lipinski definition) is 3. The number of phenolic OH excluding ortho intramolecular Hbond substituents is 3. The summed E-state index contributed by atoms with van der Waals surface area (Å²) in [5.74, 6) is 0.572. The topological polar surface area (TPSA) is 60.7 Å². The predicted molar refractivity (Wildman–Crippen MR) is 109 cm³/mol. The van der Waals surface area contributed by atoms with Crippen LogP contribution in [0.3, 0.4) is 0 Å². The lowest BCUT2D eigenvalue weighted by atomic mass is 9.79. The zero-order chi connectivity index (χ0) is 19.9. The van der Waals surface area contributed by atoms with Crippen LogP contribution in [-0.2, 0) is 0 Å². The van der Waals surface area contributed by atoms with Gasteiger partial charge in [-0.05, 0) is 91.8 Å². The van der Waals surface area contributed by atoms with E-state index in [0.29, 0.717) is 0 Å². The summed E-state index contributed by atoms with van der Waals surface area (Å²) in [6, 6.07) is 13.2. The highest BCUT2D eigenvalue weighted by molar-refractivity contribution is 5.57. The Bertz CT molecular complexity index is 961. The van der Waals surface area contributed by atoms with Crippen LogP contribution in [-0.4, -0.2) is 15.3 Å². The highest BCUT2D eigenvalue weighted by atomic mass is 16.3. The van der Waals surface area contributed by atoms with Crippen molar-refractivity contribution in [1.82, 2.24) is 0 Å². The molecule has 0 aliphatic rings. The van der Waals surface area contributed by atoms with Crippen LogP contribution in [0.25, 0.3) is 0 Å². The molecule has 27 heavy (non-hydrogen) atoms. The highest BCUT2D eigenvalue weighted by Crippen LogP contribution is 2.42. The minimum atomic E-state index is -0.204. The van der Waals surface area contributed by atoms with Gasteiger partial charge in [-0.15, -0.1) is 0 Å². The Kier molecular flexibility index (Phi) is 4.88. The molecular weight excluding hydrogens is 336 g/mol. The normalized spacial score (nSPS) is 11.2. The first kappa shape index (κ1) is 18.8. The van der Waals surface area contributed by atoms with Crippen LogP contribution in [0.2, 0.25) is 0 Å². The molecule has 0 aliphatic heterocycles. The van der Waals surface area contributed by atoms with Crippen LogP contribution >= 0.6 is 0 Å². The average Bonchev–Trinajstić information content (AvgIpc) is 2.58. The highest BCUT2D eigenvalue weighted by Gasteiger charge is 2.24. The monoisotopic (exact) mass is 362 g/mol. The molecule has 3 nitrogen and oxygen atoms in total. The summed E-state index contributed by atoms with van der Waals surface area (Å²) in [7, 11) is 0. The van der Waals surface area contributed by atoms with Crippen molar-refractivity contribution >= 4 is 0 Å². The Hall–Kier alpha value is -2.94. The molecule has 0 saturated carbocycles. The second-order valence-corrected chi connectivity index (χ2v) is 7.49. The molecule has 3 heteroatoms. The zero-order valence-electron chi connectivity index (χ0n) is 16.5. The average molecular weight is 362 g/mol. The van der Waals surface area contributed by atoms with E-state index in [1.54, 1.807) is 18.2 Å². The Morgan fingerprint density at radius 1 is 0.519 bits per heavy atom. The van der Waals surface area contributed by atoms with Crippen molar-refractivity contribution in [1.29, 1.82) is 0 Å². The molecular formula is C24H26O3. The molecule has 0 fully saturated rings. The van der Waals surface area contributed by atoms with Crippen LogP contribution in [0, 0.1) is 34.6 Å². The molecule has 0 unspecified atom stereocenters. The number of hydrogen-bond donors (Lipinski definition) is 3. The number of rotatable bonds is 3. The second-order valence-electron chi connectivity index (χ2n) is 7.49. The van der Waals surface area contributed by atoms with E-state index in [2.05, 4.69) is 0 Å². The van der Waals surface area contributed by atoms with E-state index in [4.69, 9.17) is 0 Å². The van der Waals surface area contributed by atoms with Gasteiger partial charge in [-0.3, -0.25) is 0 Å². The van der Waals surface area contributed by atoms with Crippen LogP contribution in [0.5, 0.6) is 17.2 Å². The van der Waals surface area contributed by atoms with Crippen LogP contribution < -0.4 is 0 Å². The molecule has 0 aromatic heterocycles. The summed E-state index contributed by atoms with van der Waals surface area (Å²) in [5, 5.41) is 30.9. The summed E-state index contributed by atoms with van der Waals surface area (Å²) >= 11 is 0. The van der Waals surface area contributed by atoms with Crippen LogP contribution in [0.15, 0.2) is 42.5 Å². The summed E-state index contributed by atoms with van der Waals surface area (Å²) < 4.78 is 0. The van der Waals surface area contributed by atoms with Gasteiger partial charge in [0, 0.05) is 11.5 Å². The first-order chi connectivity index (χ1) is 12.7. The largest absolute Gasteiger partial charge is 0.508 e.